The lowest BCUT2D eigenvalue weighted by molar-refractivity contribution is 0.168. The molecule has 0 radical (unpaired) electrons. The molecule has 0 saturated heterocycles. The molecule has 4 heteroatoms. The molecule has 108 valence electrons. The number of ether oxygens (including phenoxy) is 4. The van der Waals surface area contributed by atoms with Gasteiger partial charge in [-0.15, -0.1) is 0 Å². The smallest absolute Gasteiger partial charge is 0.162 e. The van der Waals surface area contributed by atoms with Gasteiger partial charge in [-0.1, -0.05) is 18.2 Å². The number of benzene rings is 2. The van der Waals surface area contributed by atoms with Crippen LogP contribution in [0.5, 0.6) is 23.0 Å². The van der Waals surface area contributed by atoms with E-state index in [0.29, 0.717) is 19.8 Å². The van der Waals surface area contributed by atoms with Crippen molar-refractivity contribution in [2.24, 2.45) is 0 Å². The molecule has 2 aromatic rings. The van der Waals surface area contributed by atoms with Crippen molar-refractivity contribution in [2.75, 3.05) is 19.8 Å². The quantitative estimate of drug-likeness (QED) is 0.804. The molecule has 1 unspecified atom stereocenters. The van der Waals surface area contributed by atoms with Crippen LogP contribution in [0.2, 0.25) is 0 Å². The summed E-state index contributed by atoms with van der Waals surface area (Å²) in [6, 6.07) is 13.8. The molecule has 21 heavy (non-hydrogen) atoms. The van der Waals surface area contributed by atoms with Crippen molar-refractivity contribution in [3.8, 4) is 23.0 Å². The third kappa shape index (κ3) is 2.37. The van der Waals surface area contributed by atoms with Crippen molar-refractivity contribution in [3.63, 3.8) is 0 Å². The third-order valence-electron chi connectivity index (χ3n) is 3.69. The van der Waals surface area contributed by atoms with Crippen LogP contribution in [0.25, 0.3) is 0 Å². The molecule has 0 saturated carbocycles. The number of hydrogen-bond donors (Lipinski definition) is 0. The number of fused-ring (bicyclic) bond motifs is 2. The molecule has 1 atom stereocenters. The highest BCUT2D eigenvalue weighted by Gasteiger charge is 2.22. The third-order valence-corrected chi connectivity index (χ3v) is 3.69. The largest absolute Gasteiger partial charge is 0.490 e. The van der Waals surface area contributed by atoms with Crippen LogP contribution in [-0.4, -0.2) is 19.8 Å². The van der Waals surface area contributed by atoms with E-state index in [4.69, 9.17) is 18.9 Å². The fourth-order valence-corrected chi connectivity index (χ4v) is 2.65. The Morgan fingerprint density at radius 3 is 2.33 bits per heavy atom. The molecule has 0 amide bonds. The van der Waals surface area contributed by atoms with Gasteiger partial charge in [-0.3, -0.25) is 0 Å². The van der Waals surface area contributed by atoms with Crippen molar-refractivity contribution in [2.45, 2.75) is 12.5 Å². The van der Waals surface area contributed by atoms with Gasteiger partial charge in [-0.25, -0.2) is 0 Å². The maximum absolute atomic E-state index is 6.11. The van der Waals surface area contributed by atoms with Crippen LogP contribution in [0.4, 0.5) is 0 Å². The summed E-state index contributed by atoms with van der Waals surface area (Å²) in [5, 5.41) is 0. The maximum Gasteiger partial charge on any atom is 0.162 e. The lowest BCUT2D eigenvalue weighted by atomic mass is 10.1. The van der Waals surface area contributed by atoms with Gasteiger partial charge in [0.1, 0.15) is 19.3 Å². The minimum Gasteiger partial charge on any atom is -0.490 e. The number of rotatable bonds is 1. The summed E-state index contributed by atoms with van der Waals surface area (Å²) in [5.74, 6) is 3.18. The summed E-state index contributed by atoms with van der Waals surface area (Å²) in [6.45, 7) is 1.83. The van der Waals surface area contributed by atoms with Crippen LogP contribution in [0.15, 0.2) is 42.5 Å². The monoisotopic (exact) mass is 284 g/mol. The molecule has 2 aliphatic rings. The highest BCUT2D eigenvalue weighted by Crippen LogP contribution is 2.38. The first kappa shape index (κ1) is 12.4. The fourth-order valence-electron chi connectivity index (χ4n) is 2.65. The second kappa shape index (κ2) is 5.20. The average Bonchev–Trinajstić information content (AvgIpc) is 2.76. The topological polar surface area (TPSA) is 36.9 Å². The van der Waals surface area contributed by atoms with E-state index in [0.717, 1.165) is 35.0 Å². The molecule has 0 fully saturated rings. The van der Waals surface area contributed by atoms with Crippen LogP contribution >= 0.6 is 0 Å². The zero-order chi connectivity index (χ0) is 14.1. The molecule has 2 aromatic carbocycles. The van der Waals surface area contributed by atoms with Crippen molar-refractivity contribution < 1.29 is 18.9 Å². The maximum atomic E-state index is 6.11. The second-order valence-corrected chi connectivity index (χ2v) is 5.09. The van der Waals surface area contributed by atoms with Gasteiger partial charge in [-0.05, 0) is 29.8 Å². The van der Waals surface area contributed by atoms with Crippen LogP contribution in [0.3, 0.4) is 0 Å². The molecule has 4 nitrogen and oxygen atoms in total. The summed E-state index contributed by atoms with van der Waals surface area (Å²) >= 11 is 0. The van der Waals surface area contributed by atoms with Crippen LogP contribution in [-0.2, 0) is 0 Å². The number of hydrogen-bond acceptors (Lipinski definition) is 4. The van der Waals surface area contributed by atoms with E-state index in [1.807, 2.05) is 42.5 Å². The summed E-state index contributed by atoms with van der Waals surface area (Å²) in [6.07, 6.45) is 0.762. The van der Waals surface area contributed by atoms with Gasteiger partial charge in [0, 0.05) is 6.42 Å². The van der Waals surface area contributed by atoms with E-state index in [2.05, 4.69) is 0 Å². The molecule has 4 rings (SSSR count). The van der Waals surface area contributed by atoms with E-state index >= 15 is 0 Å². The Morgan fingerprint density at radius 2 is 1.43 bits per heavy atom. The Hall–Kier alpha value is -2.36. The van der Waals surface area contributed by atoms with E-state index in [9.17, 15) is 0 Å². The fraction of sp³-hybridized carbons (Fsp3) is 0.294. The lowest BCUT2D eigenvalue weighted by Gasteiger charge is -2.21. The Bertz CT molecular complexity index is 653. The highest BCUT2D eigenvalue weighted by atomic mass is 16.6. The summed E-state index contributed by atoms with van der Waals surface area (Å²) in [5.41, 5.74) is 1.08. The molecule has 2 heterocycles. The van der Waals surface area contributed by atoms with Gasteiger partial charge in [0.15, 0.2) is 23.0 Å². The Balaban J connectivity index is 1.64. The Kier molecular flexibility index (Phi) is 3.07. The van der Waals surface area contributed by atoms with Gasteiger partial charge in [0.2, 0.25) is 0 Å². The van der Waals surface area contributed by atoms with Crippen LogP contribution in [0, 0.1) is 0 Å². The van der Waals surface area contributed by atoms with E-state index < -0.39 is 0 Å². The molecule has 0 aliphatic carbocycles. The SMILES string of the molecule is c1ccc2c(c1)OCCC(c1ccc3c(c1)OCCO3)O2. The van der Waals surface area contributed by atoms with Crippen LogP contribution < -0.4 is 18.9 Å². The molecular weight excluding hydrogens is 268 g/mol. The van der Waals surface area contributed by atoms with Crippen molar-refractivity contribution in [3.05, 3.63) is 48.0 Å². The lowest BCUT2D eigenvalue weighted by Crippen LogP contribution is -2.16. The van der Waals surface area contributed by atoms with Gasteiger partial charge in [0.25, 0.3) is 0 Å². The molecule has 0 bridgehead atoms. The molecule has 0 aromatic heterocycles. The van der Waals surface area contributed by atoms with E-state index in [1.165, 1.54) is 0 Å². The van der Waals surface area contributed by atoms with Gasteiger partial charge in [-0.2, -0.15) is 0 Å². The first-order valence-electron chi connectivity index (χ1n) is 7.18. The standard InChI is InChI=1S/C17H16O4/c1-2-4-16-14(3-1)18-8-7-13(21-16)12-5-6-15-17(11-12)20-10-9-19-15/h1-6,11,13H,7-10H2. The molecule has 0 N–H and O–H groups in total. The Morgan fingerprint density at radius 1 is 0.714 bits per heavy atom. The van der Waals surface area contributed by atoms with Crippen molar-refractivity contribution in [1.82, 2.24) is 0 Å². The summed E-state index contributed by atoms with van der Waals surface area (Å²) in [7, 11) is 0. The van der Waals surface area contributed by atoms with Crippen molar-refractivity contribution in [1.29, 1.82) is 0 Å². The summed E-state index contributed by atoms with van der Waals surface area (Å²) in [4.78, 5) is 0. The zero-order valence-corrected chi connectivity index (χ0v) is 11.6. The normalized spacial score (nSPS) is 19.7. The molecule has 2 aliphatic heterocycles. The van der Waals surface area contributed by atoms with E-state index in [-0.39, 0.29) is 6.10 Å². The Labute approximate surface area is 123 Å². The van der Waals surface area contributed by atoms with Crippen LogP contribution in [0.1, 0.15) is 18.1 Å². The van der Waals surface area contributed by atoms with Gasteiger partial charge in [0.05, 0.1) is 6.61 Å². The van der Waals surface area contributed by atoms with Gasteiger partial charge >= 0.3 is 0 Å². The molecule has 0 spiro atoms. The minimum atomic E-state index is -0.0375. The second-order valence-electron chi connectivity index (χ2n) is 5.09. The van der Waals surface area contributed by atoms with Gasteiger partial charge < -0.3 is 18.9 Å². The molecular formula is C17H16O4. The average molecular weight is 284 g/mol. The number of para-hydroxylation sites is 2. The highest BCUT2D eigenvalue weighted by molar-refractivity contribution is 5.45. The minimum absolute atomic E-state index is 0.0375. The summed E-state index contributed by atoms with van der Waals surface area (Å²) < 4.78 is 23.0. The van der Waals surface area contributed by atoms with Crippen molar-refractivity contribution >= 4 is 0 Å². The van der Waals surface area contributed by atoms with E-state index in [1.54, 1.807) is 0 Å². The first-order valence-corrected chi connectivity index (χ1v) is 7.18. The predicted octanol–water partition coefficient (Wildman–Crippen LogP) is 3.36. The zero-order valence-electron chi connectivity index (χ0n) is 11.6. The first-order chi connectivity index (χ1) is 10.4. The predicted molar refractivity (Wildman–Crippen MR) is 77.4 cm³/mol.